The van der Waals surface area contributed by atoms with E-state index in [4.69, 9.17) is 14.2 Å². The van der Waals surface area contributed by atoms with E-state index in [9.17, 15) is 4.79 Å². The Bertz CT molecular complexity index is 777. The maximum atomic E-state index is 11.7. The molecule has 2 aliphatic rings. The molecule has 4 rings (SSSR count). The fourth-order valence-corrected chi connectivity index (χ4v) is 3.03. The molecule has 21 heavy (non-hydrogen) atoms. The van der Waals surface area contributed by atoms with Gasteiger partial charge in [0, 0.05) is 17.2 Å². The van der Waals surface area contributed by atoms with Crippen molar-refractivity contribution in [2.24, 2.45) is 0 Å². The van der Waals surface area contributed by atoms with Gasteiger partial charge in [0.1, 0.15) is 24.7 Å². The number of ether oxygens (including phenoxy) is 3. The summed E-state index contributed by atoms with van der Waals surface area (Å²) in [6.07, 6.45) is 0. The van der Waals surface area contributed by atoms with Crippen LogP contribution < -0.4 is 9.47 Å². The number of esters is 1. The Morgan fingerprint density at radius 3 is 2.52 bits per heavy atom. The van der Waals surface area contributed by atoms with E-state index >= 15 is 0 Å². The van der Waals surface area contributed by atoms with E-state index in [0.29, 0.717) is 18.8 Å². The van der Waals surface area contributed by atoms with E-state index in [1.165, 1.54) is 0 Å². The minimum Gasteiger partial charge on any atom is -0.497 e. The first-order chi connectivity index (χ1) is 10.2. The monoisotopic (exact) mass is 282 g/mol. The van der Waals surface area contributed by atoms with Crippen LogP contribution in [0.1, 0.15) is 27.0 Å². The second kappa shape index (κ2) is 4.25. The van der Waals surface area contributed by atoms with E-state index in [0.717, 1.165) is 39.3 Å². The zero-order chi connectivity index (χ0) is 14.6. The average Bonchev–Trinajstić information content (AvgIpc) is 2.85. The van der Waals surface area contributed by atoms with Crippen molar-refractivity contribution in [3.63, 3.8) is 0 Å². The molecular formula is C17H14O4. The van der Waals surface area contributed by atoms with Crippen LogP contribution in [0.4, 0.5) is 0 Å². The molecule has 2 aliphatic heterocycles. The smallest absolute Gasteiger partial charge is 0.338 e. The topological polar surface area (TPSA) is 44.8 Å². The summed E-state index contributed by atoms with van der Waals surface area (Å²) < 4.78 is 16.2. The van der Waals surface area contributed by atoms with Gasteiger partial charge in [-0.2, -0.15) is 0 Å². The van der Waals surface area contributed by atoms with E-state index in [2.05, 4.69) is 6.07 Å². The maximum Gasteiger partial charge on any atom is 0.338 e. The zero-order valence-electron chi connectivity index (χ0n) is 11.9. The third-order valence-corrected chi connectivity index (χ3v) is 4.07. The standard InChI is InChI=1S/C17H14O4/c1-9-3-12(19-2)6-15-16(9)13-4-11-8-21-17(18)14(11)5-10(13)7-20-15/h3-6H,7-8H2,1-2H3. The van der Waals surface area contributed by atoms with Gasteiger partial charge < -0.3 is 14.2 Å². The molecule has 0 fully saturated rings. The van der Waals surface area contributed by atoms with E-state index < -0.39 is 0 Å². The highest BCUT2D eigenvalue weighted by Crippen LogP contribution is 2.43. The minimum atomic E-state index is -0.245. The molecule has 0 N–H and O–H groups in total. The molecule has 0 saturated heterocycles. The van der Waals surface area contributed by atoms with Crippen molar-refractivity contribution in [3.05, 3.63) is 46.5 Å². The normalized spacial score (nSPS) is 14.7. The predicted octanol–water partition coefficient (Wildman–Crippen LogP) is 3.23. The third kappa shape index (κ3) is 1.72. The van der Waals surface area contributed by atoms with Crippen LogP contribution in [0.2, 0.25) is 0 Å². The average molecular weight is 282 g/mol. The van der Waals surface area contributed by atoms with Crippen molar-refractivity contribution in [2.75, 3.05) is 7.11 Å². The highest BCUT2D eigenvalue weighted by Gasteiger charge is 2.27. The molecule has 0 unspecified atom stereocenters. The first-order valence-corrected chi connectivity index (χ1v) is 6.82. The first kappa shape index (κ1) is 12.3. The number of cyclic esters (lactones) is 1. The molecule has 0 saturated carbocycles. The van der Waals surface area contributed by atoms with Crippen LogP contribution in [0.5, 0.6) is 11.5 Å². The molecule has 2 heterocycles. The molecule has 0 bridgehead atoms. The lowest BCUT2D eigenvalue weighted by atomic mass is 9.90. The predicted molar refractivity (Wildman–Crippen MR) is 76.6 cm³/mol. The number of aryl methyl sites for hydroxylation is 1. The molecule has 106 valence electrons. The van der Waals surface area contributed by atoms with Gasteiger partial charge in [-0.25, -0.2) is 4.79 Å². The van der Waals surface area contributed by atoms with Crippen molar-refractivity contribution < 1.29 is 19.0 Å². The number of rotatable bonds is 1. The lowest BCUT2D eigenvalue weighted by Gasteiger charge is -2.23. The molecule has 0 amide bonds. The van der Waals surface area contributed by atoms with E-state index in [1.807, 2.05) is 25.1 Å². The quantitative estimate of drug-likeness (QED) is 0.753. The fourth-order valence-electron chi connectivity index (χ4n) is 3.03. The number of fused-ring (bicyclic) bond motifs is 4. The molecule has 0 radical (unpaired) electrons. The van der Waals surface area contributed by atoms with Crippen LogP contribution >= 0.6 is 0 Å². The van der Waals surface area contributed by atoms with Gasteiger partial charge >= 0.3 is 5.97 Å². The summed E-state index contributed by atoms with van der Waals surface area (Å²) in [5.41, 5.74) is 5.91. The van der Waals surface area contributed by atoms with Gasteiger partial charge in [0.05, 0.1) is 12.7 Å². The third-order valence-electron chi connectivity index (χ3n) is 4.07. The Kier molecular flexibility index (Phi) is 2.48. The van der Waals surface area contributed by atoms with Crippen LogP contribution in [0, 0.1) is 6.92 Å². The summed E-state index contributed by atoms with van der Waals surface area (Å²) in [5.74, 6) is 1.36. The highest BCUT2D eigenvalue weighted by molar-refractivity contribution is 5.95. The Hall–Kier alpha value is -2.49. The van der Waals surface area contributed by atoms with Gasteiger partial charge in [-0.05, 0) is 41.8 Å². The molecule has 2 aromatic carbocycles. The molecule has 0 aromatic heterocycles. The summed E-state index contributed by atoms with van der Waals surface area (Å²) in [7, 11) is 1.65. The Morgan fingerprint density at radius 2 is 1.71 bits per heavy atom. The van der Waals surface area contributed by atoms with Gasteiger partial charge in [0.25, 0.3) is 0 Å². The molecule has 0 aliphatic carbocycles. The lowest BCUT2D eigenvalue weighted by Crippen LogP contribution is -2.09. The van der Waals surface area contributed by atoms with Crippen LogP contribution in [0.25, 0.3) is 11.1 Å². The van der Waals surface area contributed by atoms with Crippen molar-refractivity contribution in [1.82, 2.24) is 0 Å². The number of carbonyl (C=O) groups excluding carboxylic acids is 1. The zero-order valence-corrected chi connectivity index (χ0v) is 11.9. The van der Waals surface area contributed by atoms with Crippen LogP contribution in [0.15, 0.2) is 24.3 Å². The highest BCUT2D eigenvalue weighted by atomic mass is 16.5. The Balaban J connectivity index is 1.95. The molecule has 0 atom stereocenters. The summed E-state index contributed by atoms with van der Waals surface area (Å²) >= 11 is 0. The fraction of sp³-hybridized carbons (Fsp3) is 0.235. The summed E-state index contributed by atoms with van der Waals surface area (Å²) in [6, 6.07) is 7.84. The van der Waals surface area contributed by atoms with Gasteiger partial charge in [-0.15, -0.1) is 0 Å². The number of carbonyl (C=O) groups is 1. The van der Waals surface area contributed by atoms with Crippen molar-refractivity contribution in [3.8, 4) is 22.6 Å². The van der Waals surface area contributed by atoms with Crippen molar-refractivity contribution >= 4 is 5.97 Å². The second-order valence-electron chi connectivity index (χ2n) is 5.35. The SMILES string of the molecule is COc1cc(C)c2c(c1)OCc1cc3c(cc1-2)COC3=O. The Morgan fingerprint density at radius 1 is 1.00 bits per heavy atom. The second-order valence-corrected chi connectivity index (χ2v) is 5.35. The van der Waals surface area contributed by atoms with Crippen molar-refractivity contribution in [2.45, 2.75) is 20.1 Å². The molecule has 4 heteroatoms. The summed E-state index contributed by atoms with van der Waals surface area (Å²) in [5, 5.41) is 0. The summed E-state index contributed by atoms with van der Waals surface area (Å²) in [6.45, 7) is 2.84. The van der Waals surface area contributed by atoms with Crippen LogP contribution in [0.3, 0.4) is 0 Å². The molecule has 4 nitrogen and oxygen atoms in total. The minimum absolute atomic E-state index is 0.245. The number of hydrogen-bond acceptors (Lipinski definition) is 4. The van der Waals surface area contributed by atoms with Gasteiger partial charge in [-0.1, -0.05) is 0 Å². The first-order valence-electron chi connectivity index (χ1n) is 6.82. The van der Waals surface area contributed by atoms with Gasteiger partial charge in [-0.3, -0.25) is 0 Å². The molecule has 0 spiro atoms. The maximum absolute atomic E-state index is 11.7. The van der Waals surface area contributed by atoms with E-state index in [1.54, 1.807) is 7.11 Å². The molecule has 2 aromatic rings. The van der Waals surface area contributed by atoms with Gasteiger partial charge in [0.2, 0.25) is 0 Å². The van der Waals surface area contributed by atoms with Crippen LogP contribution in [-0.4, -0.2) is 13.1 Å². The summed E-state index contributed by atoms with van der Waals surface area (Å²) in [4.78, 5) is 11.7. The van der Waals surface area contributed by atoms with Gasteiger partial charge in [0.15, 0.2) is 0 Å². The number of benzene rings is 2. The number of hydrogen-bond donors (Lipinski definition) is 0. The largest absolute Gasteiger partial charge is 0.497 e. The van der Waals surface area contributed by atoms with Crippen LogP contribution in [-0.2, 0) is 18.0 Å². The van der Waals surface area contributed by atoms with Crippen molar-refractivity contribution in [1.29, 1.82) is 0 Å². The van der Waals surface area contributed by atoms with E-state index in [-0.39, 0.29) is 5.97 Å². The Labute approximate surface area is 122 Å². The molecular weight excluding hydrogens is 268 g/mol. The number of methoxy groups -OCH3 is 1. The lowest BCUT2D eigenvalue weighted by molar-refractivity contribution is 0.0535.